The van der Waals surface area contributed by atoms with Gasteiger partial charge < -0.3 is 20.4 Å². The SMILES string of the molecule is C=C(/C=C(\C)c1cnc2c(N3CCOCC3)nc(C(=C)C=N)nc2c1)NC(C)=O.CI. The van der Waals surface area contributed by atoms with Gasteiger partial charge in [0.05, 0.1) is 18.7 Å². The number of ether oxygens (including phenoxy) is 1. The highest BCUT2D eigenvalue weighted by molar-refractivity contribution is 14.1. The van der Waals surface area contributed by atoms with E-state index in [1.807, 2.05) is 17.9 Å². The second-order valence-electron chi connectivity index (χ2n) is 6.77. The number of carbonyl (C=O) groups is 1. The number of nitrogens with zero attached hydrogens (tertiary/aromatic N) is 4. The lowest BCUT2D eigenvalue weighted by Crippen LogP contribution is -2.37. The lowest BCUT2D eigenvalue weighted by atomic mass is 10.1. The van der Waals surface area contributed by atoms with Gasteiger partial charge in [-0.1, -0.05) is 35.7 Å². The van der Waals surface area contributed by atoms with E-state index in [2.05, 4.69) is 60.9 Å². The third-order valence-electron chi connectivity index (χ3n) is 4.47. The maximum atomic E-state index is 11.2. The number of amides is 1. The first-order chi connectivity index (χ1) is 14.9. The van der Waals surface area contributed by atoms with Crippen LogP contribution in [0.25, 0.3) is 22.2 Å². The first kappa shape index (κ1) is 24.6. The molecule has 3 rings (SSSR count). The van der Waals surface area contributed by atoms with Gasteiger partial charge in [-0.05, 0) is 35.1 Å². The summed E-state index contributed by atoms with van der Waals surface area (Å²) in [6.07, 6.45) is 4.68. The van der Waals surface area contributed by atoms with E-state index in [9.17, 15) is 4.79 Å². The van der Waals surface area contributed by atoms with Gasteiger partial charge >= 0.3 is 0 Å². The molecule has 1 aliphatic heterocycles. The summed E-state index contributed by atoms with van der Waals surface area (Å²) in [5.41, 5.74) is 4.02. The first-order valence-electron chi connectivity index (χ1n) is 9.62. The number of hydrogen-bond donors (Lipinski definition) is 2. The van der Waals surface area contributed by atoms with Crippen LogP contribution in [0.4, 0.5) is 5.82 Å². The van der Waals surface area contributed by atoms with E-state index in [0.29, 0.717) is 60.2 Å². The van der Waals surface area contributed by atoms with Gasteiger partial charge in [-0.2, -0.15) is 0 Å². The molecule has 2 aromatic rings. The summed E-state index contributed by atoms with van der Waals surface area (Å²) in [6, 6.07) is 1.92. The number of alkyl halides is 1. The molecule has 9 heteroatoms. The van der Waals surface area contributed by atoms with Crippen molar-refractivity contribution in [3.63, 3.8) is 0 Å². The molecule has 0 aliphatic carbocycles. The normalized spacial score (nSPS) is 13.8. The van der Waals surface area contributed by atoms with E-state index in [-0.39, 0.29) is 5.91 Å². The Bertz CT molecular complexity index is 1030. The smallest absolute Gasteiger partial charge is 0.221 e. The molecular formula is C22H27IN6O2. The summed E-state index contributed by atoms with van der Waals surface area (Å²) in [5, 5.41) is 10.2. The summed E-state index contributed by atoms with van der Waals surface area (Å²) < 4.78 is 5.44. The third kappa shape index (κ3) is 6.41. The Morgan fingerprint density at radius 1 is 1.26 bits per heavy atom. The minimum atomic E-state index is -0.173. The number of rotatable bonds is 6. The molecule has 2 N–H and O–H groups in total. The quantitative estimate of drug-likeness (QED) is 0.254. The number of carbonyl (C=O) groups excluding carboxylic acids is 1. The highest BCUT2D eigenvalue weighted by Crippen LogP contribution is 2.27. The van der Waals surface area contributed by atoms with Crippen LogP contribution < -0.4 is 10.2 Å². The third-order valence-corrected chi connectivity index (χ3v) is 4.47. The van der Waals surface area contributed by atoms with E-state index in [0.717, 1.165) is 17.4 Å². The maximum Gasteiger partial charge on any atom is 0.221 e. The Balaban J connectivity index is 0.00000166. The highest BCUT2D eigenvalue weighted by Gasteiger charge is 2.19. The summed E-state index contributed by atoms with van der Waals surface area (Å²) in [5.74, 6) is 0.942. The van der Waals surface area contributed by atoms with Gasteiger partial charge in [0, 0.05) is 43.7 Å². The number of morpholine rings is 1. The zero-order valence-corrected chi connectivity index (χ0v) is 20.2. The number of aromatic nitrogens is 3. The van der Waals surface area contributed by atoms with Gasteiger partial charge in [0.15, 0.2) is 11.6 Å². The van der Waals surface area contributed by atoms with Crippen molar-refractivity contribution in [2.45, 2.75) is 13.8 Å². The molecule has 0 unspecified atom stereocenters. The van der Waals surface area contributed by atoms with Crippen molar-refractivity contribution in [3.05, 3.63) is 48.6 Å². The fourth-order valence-electron chi connectivity index (χ4n) is 3.03. The summed E-state index contributed by atoms with van der Waals surface area (Å²) in [7, 11) is 0. The van der Waals surface area contributed by atoms with Gasteiger partial charge in [-0.25, -0.2) is 9.97 Å². The van der Waals surface area contributed by atoms with Crippen LogP contribution in [0.1, 0.15) is 25.2 Å². The number of nitrogens with one attached hydrogen (secondary N) is 2. The number of hydrogen-bond acceptors (Lipinski definition) is 7. The molecule has 1 aliphatic rings. The van der Waals surface area contributed by atoms with Gasteiger partial charge in [-0.15, -0.1) is 0 Å². The molecule has 0 spiro atoms. The molecule has 2 aromatic heterocycles. The molecule has 1 saturated heterocycles. The van der Waals surface area contributed by atoms with Gasteiger partial charge in [0.1, 0.15) is 5.52 Å². The average molecular weight is 534 g/mol. The number of halogens is 1. The van der Waals surface area contributed by atoms with E-state index in [1.165, 1.54) is 6.92 Å². The van der Waals surface area contributed by atoms with Gasteiger partial charge in [0.25, 0.3) is 0 Å². The molecule has 164 valence electrons. The lowest BCUT2D eigenvalue weighted by molar-refractivity contribution is -0.118. The van der Waals surface area contributed by atoms with Crippen LogP contribution >= 0.6 is 22.6 Å². The van der Waals surface area contributed by atoms with Crippen LogP contribution in [-0.4, -0.2) is 58.3 Å². The Morgan fingerprint density at radius 2 is 1.94 bits per heavy atom. The Labute approximate surface area is 196 Å². The molecular weight excluding hydrogens is 507 g/mol. The van der Waals surface area contributed by atoms with E-state index >= 15 is 0 Å². The fourth-order valence-corrected chi connectivity index (χ4v) is 3.03. The minimum absolute atomic E-state index is 0.173. The number of pyridine rings is 1. The molecule has 1 amide bonds. The monoisotopic (exact) mass is 534 g/mol. The topological polar surface area (TPSA) is 104 Å². The zero-order chi connectivity index (χ0) is 23.0. The van der Waals surface area contributed by atoms with Crippen LogP contribution in [0.3, 0.4) is 0 Å². The molecule has 0 saturated carbocycles. The van der Waals surface area contributed by atoms with E-state index in [4.69, 9.17) is 10.1 Å². The largest absolute Gasteiger partial charge is 0.378 e. The molecule has 0 atom stereocenters. The van der Waals surface area contributed by atoms with E-state index in [1.54, 1.807) is 12.3 Å². The second-order valence-corrected chi connectivity index (χ2v) is 6.77. The number of fused-ring (bicyclic) bond motifs is 1. The van der Waals surface area contributed by atoms with Crippen LogP contribution in [0.5, 0.6) is 0 Å². The maximum absolute atomic E-state index is 11.2. The predicted molar refractivity (Wildman–Crippen MR) is 135 cm³/mol. The van der Waals surface area contributed by atoms with Gasteiger partial charge in [-0.3, -0.25) is 9.78 Å². The standard InChI is InChI=1S/C21H24N6O2.CH3I/c1-13(9-15(3)24-16(4)28)17-10-18-19(23-12-17)21(27-5-7-29-8-6-27)26-20(25-18)14(2)11-22;1-2/h9-12,22H,2-3,5-8H2,1,4H3,(H,24,28);1H3/b13-9+,22-11?;. The Morgan fingerprint density at radius 3 is 2.55 bits per heavy atom. The summed E-state index contributed by atoms with van der Waals surface area (Å²) in [4.78, 5) is 29.1. The Kier molecular flexibility index (Phi) is 9.25. The first-order valence-corrected chi connectivity index (χ1v) is 11.8. The fraction of sp³-hybridized carbons (Fsp3) is 0.318. The van der Waals surface area contributed by atoms with Crippen molar-refractivity contribution in [3.8, 4) is 0 Å². The van der Waals surface area contributed by atoms with Crippen molar-refractivity contribution in [1.82, 2.24) is 20.3 Å². The Hall–Kier alpha value is -2.66. The van der Waals surface area contributed by atoms with Crippen molar-refractivity contribution >= 4 is 62.7 Å². The summed E-state index contributed by atoms with van der Waals surface area (Å²) >= 11 is 2.15. The molecule has 0 aromatic carbocycles. The van der Waals surface area contributed by atoms with Crippen molar-refractivity contribution in [2.24, 2.45) is 0 Å². The zero-order valence-electron chi connectivity index (χ0n) is 18.0. The van der Waals surface area contributed by atoms with Crippen LogP contribution in [0, 0.1) is 5.41 Å². The van der Waals surface area contributed by atoms with Crippen molar-refractivity contribution in [1.29, 1.82) is 5.41 Å². The van der Waals surface area contributed by atoms with Gasteiger partial charge in [0.2, 0.25) is 5.91 Å². The van der Waals surface area contributed by atoms with Crippen molar-refractivity contribution < 1.29 is 9.53 Å². The molecule has 0 bridgehead atoms. The summed E-state index contributed by atoms with van der Waals surface area (Å²) in [6.45, 7) is 13.7. The minimum Gasteiger partial charge on any atom is -0.378 e. The second kappa shape index (κ2) is 11.7. The molecule has 0 radical (unpaired) electrons. The molecule has 1 fully saturated rings. The van der Waals surface area contributed by atoms with Crippen molar-refractivity contribution in [2.75, 3.05) is 36.1 Å². The van der Waals surface area contributed by atoms with Crippen LogP contribution in [-0.2, 0) is 9.53 Å². The average Bonchev–Trinajstić information content (AvgIpc) is 2.78. The highest BCUT2D eigenvalue weighted by atomic mass is 127. The predicted octanol–water partition coefficient (Wildman–Crippen LogP) is 3.63. The molecule has 31 heavy (non-hydrogen) atoms. The van der Waals surface area contributed by atoms with Crippen LogP contribution in [0.2, 0.25) is 0 Å². The van der Waals surface area contributed by atoms with E-state index < -0.39 is 0 Å². The molecule has 3 heterocycles. The lowest BCUT2D eigenvalue weighted by Gasteiger charge is -2.28. The van der Waals surface area contributed by atoms with Crippen LogP contribution in [0.15, 0.2) is 37.2 Å². The number of allylic oxidation sites excluding steroid dienone is 3. The number of anilines is 1. The molecule has 8 nitrogen and oxygen atoms in total.